The topological polar surface area (TPSA) is 42.7 Å². The van der Waals surface area contributed by atoms with Gasteiger partial charge in [-0.05, 0) is 26.8 Å². The Hall–Kier alpha value is -0.810. The van der Waals surface area contributed by atoms with Crippen molar-refractivity contribution in [1.82, 2.24) is 4.90 Å². The van der Waals surface area contributed by atoms with Crippen molar-refractivity contribution in [3.63, 3.8) is 0 Å². The van der Waals surface area contributed by atoms with Crippen LogP contribution in [0.25, 0.3) is 0 Å². The molecule has 1 aliphatic heterocycles. The molecule has 0 aromatic carbocycles. The number of nitrogens with zero attached hydrogens (tertiary/aromatic N) is 1. The van der Waals surface area contributed by atoms with Gasteiger partial charge in [0.1, 0.15) is 11.5 Å². The number of alkyl halides is 1. The van der Waals surface area contributed by atoms with Gasteiger partial charge in [0.05, 0.1) is 17.8 Å². The molecular weight excluding hydrogens is 298 g/mol. The van der Waals surface area contributed by atoms with Crippen molar-refractivity contribution >= 4 is 21.8 Å². The Morgan fingerprint density at radius 3 is 2.78 bits per heavy atom. The molecule has 0 aliphatic carbocycles. The molecule has 1 aromatic rings. The number of amides is 1. The van der Waals surface area contributed by atoms with Gasteiger partial charge in [-0.2, -0.15) is 0 Å². The fourth-order valence-electron chi connectivity index (χ4n) is 2.31. The summed E-state index contributed by atoms with van der Waals surface area (Å²) in [6, 6.07) is 1.81. The smallest absolute Gasteiger partial charge is 0.257 e. The zero-order valence-electron chi connectivity index (χ0n) is 10.9. The summed E-state index contributed by atoms with van der Waals surface area (Å²) in [5, 5.41) is 0.741. The van der Waals surface area contributed by atoms with Crippen molar-refractivity contribution in [3.05, 3.63) is 23.2 Å². The summed E-state index contributed by atoms with van der Waals surface area (Å²) in [5.41, 5.74) is 0.662. The molecule has 2 unspecified atom stereocenters. The predicted molar refractivity (Wildman–Crippen MR) is 72.2 cm³/mol. The maximum absolute atomic E-state index is 12.4. The zero-order chi connectivity index (χ0) is 13.3. The van der Waals surface area contributed by atoms with Crippen LogP contribution in [0.2, 0.25) is 0 Å². The molecule has 2 atom stereocenters. The van der Waals surface area contributed by atoms with E-state index in [1.54, 1.807) is 6.07 Å². The van der Waals surface area contributed by atoms with Crippen LogP contribution in [0.4, 0.5) is 0 Å². The van der Waals surface area contributed by atoms with Gasteiger partial charge in [0.2, 0.25) is 0 Å². The van der Waals surface area contributed by atoms with Crippen molar-refractivity contribution in [2.45, 2.75) is 33.0 Å². The normalized spacial score (nSPS) is 24.3. The highest BCUT2D eigenvalue weighted by molar-refractivity contribution is 9.09. The Balaban J connectivity index is 2.15. The van der Waals surface area contributed by atoms with Crippen LogP contribution in [0.5, 0.6) is 0 Å². The molecule has 1 saturated heterocycles. The molecule has 18 heavy (non-hydrogen) atoms. The second-order valence-corrected chi connectivity index (χ2v) is 5.41. The second-order valence-electron chi connectivity index (χ2n) is 4.76. The highest BCUT2D eigenvalue weighted by Gasteiger charge is 2.29. The molecule has 0 spiro atoms. The van der Waals surface area contributed by atoms with Crippen LogP contribution in [-0.4, -0.2) is 41.4 Å². The van der Waals surface area contributed by atoms with Crippen LogP contribution in [0.1, 0.15) is 28.8 Å². The van der Waals surface area contributed by atoms with Gasteiger partial charge >= 0.3 is 0 Å². The first-order valence-corrected chi connectivity index (χ1v) is 7.21. The molecular formula is C13H18BrNO3. The average molecular weight is 316 g/mol. The number of rotatable bonds is 2. The molecule has 0 bridgehead atoms. The minimum Gasteiger partial charge on any atom is -0.466 e. The van der Waals surface area contributed by atoms with Crippen LogP contribution in [0.3, 0.4) is 0 Å². The third kappa shape index (κ3) is 2.78. The summed E-state index contributed by atoms with van der Waals surface area (Å²) in [6.07, 6.45) is 0.129. The van der Waals surface area contributed by atoms with Crippen LogP contribution in [0.15, 0.2) is 10.5 Å². The van der Waals surface area contributed by atoms with E-state index in [2.05, 4.69) is 15.9 Å². The van der Waals surface area contributed by atoms with E-state index in [-0.39, 0.29) is 18.1 Å². The molecule has 1 aromatic heterocycles. The minimum absolute atomic E-state index is 0.0328. The Morgan fingerprint density at radius 2 is 2.22 bits per heavy atom. The van der Waals surface area contributed by atoms with Gasteiger partial charge in [-0.3, -0.25) is 4.79 Å². The average Bonchev–Trinajstić information content (AvgIpc) is 2.66. The van der Waals surface area contributed by atoms with Gasteiger partial charge < -0.3 is 14.1 Å². The number of furan rings is 1. The van der Waals surface area contributed by atoms with Crippen molar-refractivity contribution in [1.29, 1.82) is 0 Å². The summed E-state index contributed by atoms with van der Waals surface area (Å²) >= 11 is 3.41. The summed E-state index contributed by atoms with van der Waals surface area (Å²) in [7, 11) is 0. The lowest BCUT2D eigenvalue weighted by Crippen LogP contribution is -2.49. The second kappa shape index (κ2) is 5.45. The molecule has 1 aliphatic rings. The Bertz CT molecular complexity index is 443. The Morgan fingerprint density at radius 1 is 1.50 bits per heavy atom. The van der Waals surface area contributed by atoms with E-state index in [0.717, 1.165) is 11.1 Å². The summed E-state index contributed by atoms with van der Waals surface area (Å²) in [5.74, 6) is 1.49. The minimum atomic E-state index is 0.0328. The van der Waals surface area contributed by atoms with Crippen molar-refractivity contribution in [2.24, 2.45) is 0 Å². The van der Waals surface area contributed by atoms with E-state index in [1.807, 2.05) is 25.7 Å². The van der Waals surface area contributed by atoms with E-state index in [4.69, 9.17) is 9.15 Å². The number of carbonyl (C=O) groups is 1. The van der Waals surface area contributed by atoms with E-state index in [1.165, 1.54) is 0 Å². The third-order valence-corrected chi connectivity index (χ3v) is 3.78. The van der Waals surface area contributed by atoms with Crippen LogP contribution in [0, 0.1) is 13.8 Å². The molecule has 0 saturated carbocycles. The first-order valence-electron chi connectivity index (χ1n) is 6.09. The van der Waals surface area contributed by atoms with Gasteiger partial charge in [0.25, 0.3) is 5.91 Å². The number of ether oxygens (including phenoxy) is 1. The molecule has 100 valence electrons. The van der Waals surface area contributed by atoms with Crippen LogP contribution >= 0.6 is 15.9 Å². The van der Waals surface area contributed by atoms with Crippen molar-refractivity contribution < 1.29 is 13.9 Å². The highest BCUT2D eigenvalue weighted by atomic mass is 79.9. The van der Waals surface area contributed by atoms with E-state index in [9.17, 15) is 4.79 Å². The number of hydrogen-bond acceptors (Lipinski definition) is 3. The Labute approximate surface area is 115 Å². The third-order valence-electron chi connectivity index (χ3n) is 3.06. The van der Waals surface area contributed by atoms with Gasteiger partial charge in [-0.1, -0.05) is 15.9 Å². The lowest BCUT2D eigenvalue weighted by atomic mass is 10.1. The molecule has 4 nitrogen and oxygen atoms in total. The molecule has 5 heteroatoms. The largest absolute Gasteiger partial charge is 0.466 e. The quantitative estimate of drug-likeness (QED) is 0.788. The maximum Gasteiger partial charge on any atom is 0.257 e. The summed E-state index contributed by atoms with van der Waals surface area (Å²) in [6.45, 7) is 6.92. The first-order chi connectivity index (χ1) is 8.51. The summed E-state index contributed by atoms with van der Waals surface area (Å²) in [4.78, 5) is 14.3. The molecule has 2 rings (SSSR count). The van der Waals surface area contributed by atoms with Crippen LogP contribution in [-0.2, 0) is 4.74 Å². The molecule has 0 N–H and O–H groups in total. The standard InChI is InChI=1S/C13H18BrNO3/c1-8-4-12(10(3)17-8)13(16)15-6-9(2)18-11(5-14)7-15/h4,9,11H,5-7H2,1-3H3. The maximum atomic E-state index is 12.4. The summed E-state index contributed by atoms with van der Waals surface area (Å²) < 4.78 is 11.1. The SMILES string of the molecule is Cc1cc(C(=O)N2CC(C)OC(CBr)C2)c(C)o1. The van der Waals surface area contributed by atoms with Gasteiger partial charge in [0, 0.05) is 18.4 Å². The number of hydrogen-bond donors (Lipinski definition) is 0. The van der Waals surface area contributed by atoms with Gasteiger partial charge in [-0.25, -0.2) is 0 Å². The van der Waals surface area contributed by atoms with E-state index in [0.29, 0.717) is 24.4 Å². The number of morpholine rings is 1. The number of carbonyl (C=O) groups excluding carboxylic acids is 1. The first kappa shape index (κ1) is 13.6. The fourth-order valence-corrected chi connectivity index (χ4v) is 2.67. The van der Waals surface area contributed by atoms with Gasteiger partial charge in [0.15, 0.2) is 0 Å². The Kier molecular flexibility index (Phi) is 4.12. The highest BCUT2D eigenvalue weighted by Crippen LogP contribution is 2.20. The molecule has 0 radical (unpaired) electrons. The number of aryl methyl sites for hydroxylation is 2. The lowest BCUT2D eigenvalue weighted by molar-refractivity contribution is -0.0560. The predicted octanol–water partition coefficient (Wildman–Crippen LogP) is 2.52. The molecule has 2 heterocycles. The number of halogens is 1. The van der Waals surface area contributed by atoms with Crippen LogP contribution < -0.4 is 0 Å². The monoisotopic (exact) mass is 315 g/mol. The van der Waals surface area contributed by atoms with Crippen molar-refractivity contribution in [2.75, 3.05) is 18.4 Å². The lowest BCUT2D eigenvalue weighted by Gasteiger charge is -2.36. The van der Waals surface area contributed by atoms with E-state index < -0.39 is 0 Å². The van der Waals surface area contributed by atoms with Gasteiger partial charge in [-0.15, -0.1) is 0 Å². The van der Waals surface area contributed by atoms with E-state index >= 15 is 0 Å². The zero-order valence-corrected chi connectivity index (χ0v) is 12.5. The molecule has 1 amide bonds. The van der Waals surface area contributed by atoms with Crippen molar-refractivity contribution in [3.8, 4) is 0 Å². The fraction of sp³-hybridized carbons (Fsp3) is 0.615. The molecule has 1 fully saturated rings.